The van der Waals surface area contributed by atoms with Crippen molar-refractivity contribution in [1.29, 1.82) is 0 Å². The van der Waals surface area contributed by atoms with Crippen molar-refractivity contribution in [3.63, 3.8) is 0 Å². The molecule has 178 valence electrons. The standard InChI is InChI=1S/C21H31N4O2.BrH.3H2O/c26-14-7-18-15-23-10-9-22-8-4-12-25(16-17-5-2-1-3-6-17)13-11-24(21(18)27)19(23)20(22)25;;;;/h1-3,5-6,18-20,26H,4,7-16H2;1H;3*1H2/q+1;;;;/p-1/t18-,19-,20+,25+;;;;/m1..../s1. The first-order valence-electron chi connectivity index (χ1n) is 10.5. The molecule has 1 aromatic rings. The van der Waals surface area contributed by atoms with Crippen LogP contribution in [-0.4, -0.2) is 111 Å². The molecule has 1 amide bonds. The highest BCUT2D eigenvalue weighted by molar-refractivity contribution is 5.80. The van der Waals surface area contributed by atoms with Crippen molar-refractivity contribution >= 4 is 5.91 Å². The zero-order valence-corrected chi connectivity index (χ0v) is 19.5. The maximum Gasteiger partial charge on any atom is 0.228 e. The number of aliphatic hydroxyl groups is 1. The Bertz CT molecular complexity index is 714. The largest absolute Gasteiger partial charge is 1.00 e. The van der Waals surface area contributed by atoms with Crippen LogP contribution in [0.5, 0.6) is 0 Å². The summed E-state index contributed by atoms with van der Waals surface area (Å²) in [7, 11) is 0. The van der Waals surface area contributed by atoms with Crippen molar-refractivity contribution in [3.8, 4) is 0 Å². The Morgan fingerprint density at radius 3 is 2.39 bits per heavy atom. The maximum atomic E-state index is 13.1. The minimum Gasteiger partial charge on any atom is -1.00 e. The summed E-state index contributed by atoms with van der Waals surface area (Å²) < 4.78 is 1.10. The van der Waals surface area contributed by atoms with Gasteiger partial charge in [0.1, 0.15) is 6.54 Å². The third kappa shape index (κ3) is 4.67. The van der Waals surface area contributed by atoms with Gasteiger partial charge in [0, 0.05) is 44.8 Å². The van der Waals surface area contributed by atoms with Crippen LogP contribution in [0, 0.1) is 5.92 Å². The first kappa shape index (κ1) is 27.9. The molecule has 0 bridgehead atoms. The molecule has 0 aliphatic carbocycles. The number of amides is 1. The van der Waals surface area contributed by atoms with Crippen LogP contribution in [0.4, 0.5) is 0 Å². The van der Waals surface area contributed by atoms with Crippen molar-refractivity contribution in [1.82, 2.24) is 14.7 Å². The number of aliphatic hydroxyl groups excluding tert-OH is 1. The average Bonchev–Trinajstić information content (AvgIpc) is 2.69. The number of carbonyl (C=O) groups is 1. The van der Waals surface area contributed by atoms with Gasteiger partial charge in [-0.15, -0.1) is 0 Å². The third-order valence-corrected chi connectivity index (χ3v) is 7.31. The van der Waals surface area contributed by atoms with Gasteiger partial charge in [0.25, 0.3) is 0 Å². The highest BCUT2D eigenvalue weighted by atomic mass is 79.9. The normalized spacial score (nSPS) is 31.8. The van der Waals surface area contributed by atoms with E-state index in [1.54, 1.807) is 0 Å². The van der Waals surface area contributed by atoms with Crippen LogP contribution < -0.4 is 17.0 Å². The summed E-state index contributed by atoms with van der Waals surface area (Å²) in [6.45, 7) is 8.38. The van der Waals surface area contributed by atoms with Crippen LogP contribution in [-0.2, 0) is 11.3 Å². The number of rotatable bonds is 4. The predicted octanol–water partition coefficient (Wildman–Crippen LogP) is -4.94. The molecule has 0 spiro atoms. The van der Waals surface area contributed by atoms with Crippen molar-refractivity contribution in [3.05, 3.63) is 35.9 Å². The lowest BCUT2D eigenvalue weighted by atomic mass is 9.91. The second-order valence-electron chi connectivity index (χ2n) is 8.76. The quantitative estimate of drug-likeness (QED) is 0.410. The molecule has 0 saturated carbocycles. The van der Waals surface area contributed by atoms with E-state index in [0.29, 0.717) is 12.6 Å². The molecule has 4 heterocycles. The topological polar surface area (TPSA) is 142 Å². The van der Waals surface area contributed by atoms with Crippen LogP contribution >= 0.6 is 0 Å². The van der Waals surface area contributed by atoms with Crippen LogP contribution in [0.25, 0.3) is 0 Å². The van der Waals surface area contributed by atoms with Gasteiger partial charge in [-0.1, -0.05) is 30.3 Å². The number of hydrogen-bond donors (Lipinski definition) is 1. The fourth-order valence-corrected chi connectivity index (χ4v) is 6.14. The lowest BCUT2D eigenvalue weighted by molar-refractivity contribution is -0.989. The van der Waals surface area contributed by atoms with Gasteiger partial charge in [-0.25, -0.2) is 4.90 Å². The Morgan fingerprint density at radius 2 is 1.68 bits per heavy atom. The lowest BCUT2D eigenvalue weighted by Gasteiger charge is -2.65. The smallest absolute Gasteiger partial charge is 0.228 e. The van der Waals surface area contributed by atoms with Crippen LogP contribution in [0.1, 0.15) is 18.4 Å². The SMILES string of the molecule is O.O.O.O=C1[C@H](CCO)CN2CCN3CCC[N@@+]4(Cc5ccccc5)CCN1[C@@H]2[C@@H]34.[Br-]. The Balaban J connectivity index is 0.00000120. The minimum absolute atomic E-state index is 0. The van der Waals surface area contributed by atoms with E-state index < -0.39 is 0 Å². The molecule has 7 N–H and O–H groups in total. The van der Waals surface area contributed by atoms with E-state index in [0.717, 1.165) is 50.3 Å². The molecule has 0 aromatic heterocycles. The molecule has 0 unspecified atom stereocenters. The predicted molar refractivity (Wildman–Crippen MR) is 113 cm³/mol. The van der Waals surface area contributed by atoms with Crippen LogP contribution in [0.3, 0.4) is 0 Å². The van der Waals surface area contributed by atoms with Crippen LogP contribution in [0.15, 0.2) is 30.3 Å². The number of carbonyl (C=O) groups excluding carboxylic acids is 1. The summed E-state index contributed by atoms with van der Waals surface area (Å²) in [4.78, 5) is 20.5. The Kier molecular flexibility index (Phi) is 10.0. The van der Waals surface area contributed by atoms with E-state index in [4.69, 9.17) is 0 Å². The van der Waals surface area contributed by atoms with Gasteiger partial charge in [-0.3, -0.25) is 9.69 Å². The first-order valence-corrected chi connectivity index (χ1v) is 10.5. The van der Waals surface area contributed by atoms with E-state index >= 15 is 0 Å². The van der Waals surface area contributed by atoms with E-state index in [-0.39, 0.29) is 58.0 Å². The number of hydrogen-bond acceptors (Lipinski definition) is 4. The summed E-state index contributed by atoms with van der Waals surface area (Å²) in [6, 6.07) is 10.9. The van der Waals surface area contributed by atoms with E-state index in [1.807, 2.05) is 0 Å². The van der Waals surface area contributed by atoms with Gasteiger partial charge in [-0.2, -0.15) is 0 Å². The van der Waals surface area contributed by atoms with Gasteiger partial charge in [0.15, 0.2) is 12.3 Å². The number of quaternary nitrogens is 1. The molecule has 31 heavy (non-hydrogen) atoms. The molecular weight excluding hydrogens is 468 g/mol. The Hall–Kier alpha value is -1.11. The Morgan fingerprint density at radius 1 is 0.968 bits per heavy atom. The second kappa shape index (κ2) is 11.2. The van der Waals surface area contributed by atoms with Crippen LogP contribution in [0.2, 0.25) is 0 Å². The highest BCUT2D eigenvalue weighted by Crippen LogP contribution is 2.40. The van der Waals surface area contributed by atoms with Crippen molar-refractivity contribution < 1.29 is 47.8 Å². The van der Waals surface area contributed by atoms with Crippen molar-refractivity contribution in [2.75, 3.05) is 52.4 Å². The molecule has 1 aromatic carbocycles. The molecule has 10 heteroatoms. The molecule has 4 atom stereocenters. The van der Waals surface area contributed by atoms with Gasteiger partial charge < -0.3 is 47.9 Å². The van der Waals surface area contributed by atoms with Crippen molar-refractivity contribution in [2.24, 2.45) is 5.92 Å². The van der Waals surface area contributed by atoms with Gasteiger partial charge in [0.2, 0.25) is 5.91 Å². The number of nitrogens with zero attached hydrogens (tertiary/aromatic N) is 4. The zero-order chi connectivity index (χ0) is 18.4. The molecule has 5 rings (SSSR count). The minimum atomic E-state index is -0.0319. The lowest BCUT2D eigenvalue weighted by Crippen LogP contribution is -3.00. The third-order valence-electron chi connectivity index (χ3n) is 7.31. The summed E-state index contributed by atoms with van der Waals surface area (Å²) in [5.41, 5.74) is 1.41. The fraction of sp³-hybridized carbons (Fsp3) is 0.667. The zero-order valence-electron chi connectivity index (χ0n) is 17.9. The summed E-state index contributed by atoms with van der Waals surface area (Å²) in [6.07, 6.45) is 2.44. The molecule has 4 saturated heterocycles. The monoisotopic (exact) mass is 504 g/mol. The number of piperazine rings is 2. The molecule has 4 aliphatic heterocycles. The summed E-state index contributed by atoms with van der Waals surface area (Å²) >= 11 is 0. The number of benzene rings is 1. The Labute approximate surface area is 194 Å². The van der Waals surface area contributed by atoms with E-state index in [2.05, 4.69) is 45.0 Å². The fourth-order valence-electron chi connectivity index (χ4n) is 6.14. The van der Waals surface area contributed by atoms with Crippen molar-refractivity contribution in [2.45, 2.75) is 31.7 Å². The number of halogens is 1. The summed E-state index contributed by atoms with van der Waals surface area (Å²) in [5, 5.41) is 9.39. The van der Waals surface area contributed by atoms with Gasteiger partial charge >= 0.3 is 0 Å². The average molecular weight is 505 g/mol. The summed E-state index contributed by atoms with van der Waals surface area (Å²) in [5.74, 6) is 0.241. The molecular formula is C21H37BrN4O5. The van der Waals surface area contributed by atoms with Gasteiger partial charge in [0.05, 0.1) is 25.6 Å². The second-order valence-corrected chi connectivity index (χ2v) is 8.76. The first-order chi connectivity index (χ1) is 13.2. The van der Waals surface area contributed by atoms with E-state index in [1.165, 1.54) is 18.5 Å². The molecule has 0 radical (unpaired) electrons. The maximum absolute atomic E-state index is 13.1. The molecule has 9 nitrogen and oxygen atoms in total. The molecule has 4 aliphatic rings. The molecule has 4 fully saturated rings. The van der Waals surface area contributed by atoms with Gasteiger partial charge in [-0.05, 0) is 6.42 Å². The van der Waals surface area contributed by atoms with E-state index in [9.17, 15) is 9.90 Å². The highest BCUT2D eigenvalue weighted by Gasteiger charge is 2.60.